The maximum absolute atomic E-state index is 5.87. The topological polar surface area (TPSA) is 24.5 Å². The van der Waals surface area contributed by atoms with Gasteiger partial charge in [0.25, 0.3) is 0 Å². The highest BCUT2D eigenvalue weighted by molar-refractivity contribution is 4.79. The Labute approximate surface area is 93.2 Å². The summed E-state index contributed by atoms with van der Waals surface area (Å²) in [5.41, 5.74) is 0. The highest BCUT2D eigenvalue weighted by Crippen LogP contribution is 2.23. The standard InChI is InChI=1S/C12H24N2O/c1-3-14-6-4-11(5-7-14)12-13-8-10(2)9-15-12/h10-13H,3-9H2,1-2H3. The average molecular weight is 212 g/mol. The summed E-state index contributed by atoms with van der Waals surface area (Å²) in [6.07, 6.45) is 2.92. The van der Waals surface area contributed by atoms with Gasteiger partial charge in [-0.15, -0.1) is 0 Å². The Morgan fingerprint density at radius 3 is 2.60 bits per heavy atom. The summed E-state index contributed by atoms with van der Waals surface area (Å²) in [5.74, 6) is 1.41. The number of ether oxygens (including phenoxy) is 1. The number of likely N-dealkylation sites (tertiary alicyclic amines) is 1. The molecule has 15 heavy (non-hydrogen) atoms. The van der Waals surface area contributed by atoms with E-state index in [4.69, 9.17) is 4.74 Å². The molecule has 0 aliphatic carbocycles. The fourth-order valence-corrected chi connectivity index (χ4v) is 2.58. The lowest BCUT2D eigenvalue weighted by Crippen LogP contribution is -2.49. The summed E-state index contributed by atoms with van der Waals surface area (Å²) < 4.78 is 5.87. The van der Waals surface area contributed by atoms with E-state index < -0.39 is 0 Å². The summed E-state index contributed by atoms with van der Waals surface area (Å²) >= 11 is 0. The summed E-state index contributed by atoms with van der Waals surface area (Å²) in [6, 6.07) is 0. The smallest absolute Gasteiger partial charge is 0.111 e. The third kappa shape index (κ3) is 2.92. The van der Waals surface area contributed by atoms with Crippen molar-refractivity contribution in [3.05, 3.63) is 0 Å². The second kappa shape index (κ2) is 5.28. The molecule has 0 saturated carbocycles. The first-order chi connectivity index (χ1) is 7.29. The minimum atomic E-state index is 0.334. The fraction of sp³-hybridized carbons (Fsp3) is 1.00. The highest BCUT2D eigenvalue weighted by atomic mass is 16.5. The molecule has 2 aliphatic rings. The Kier molecular flexibility index (Phi) is 4.00. The zero-order valence-electron chi connectivity index (χ0n) is 10.0. The maximum atomic E-state index is 5.87. The van der Waals surface area contributed by atoms with Crippen LogP contribution in [0.5, 0.6) is 0 Å². The van der Waals surface area contributed by atoms with Gasteiger partial charge in [0.1, 0.15) is 6.23 Å². The minimum absolute atomic E-state index is 0.334. The maximum Gasteiger partial charge on any atom is 0.111 e. The van der Waals surface area contributed by atoms with Crippen molar-refractivity contribution < 1.29 is 4.74 Å². The lowest BCUT2D eigenvalue weighted by atomic mass is 9.94. The Hall–Kier alpha value is -0.120. The molecule has 3 heteroatoms. The van der Waals surface area contributed by atoms with Gasteiger partial charge in [-0.2, -0.15) is 0 Å². The van der Waals surface area contributed by atoms with Crippen molar-refractivity contribution in [1.29, 1.82) is 0 Å². The molecule has 0 aromatic carbocycles. The van der Waals surface area contributed by atoms with Crippen molar-refractivity contribution in [2.45, 2.75) is 32.9 Å². The lowest BCUT2D eigenvalue weighted by molar-refractivity contribution is -0.0693. The van der Waals surface area contributed by atoms with Crippen LogP contribution in [0.25, 0.3) is 0 Å². The Bertz CT molecular complexity index is 182. The SMILES string of the molecule is CCN1CCC(C2NCC(C)CO2)CC1. The quantitative estimate of drug-likeness (QED) is 0.747. The second-order valence-electron chi connectivity index (χ2n) is 5.04. The lowest BCUT2D eigenvalue weighted by Gasteiger charge is -2.38. The Morgan fingerprint density at radius 1 is 1.33 bits per heavy atom. The van der Waals surface area contributed by atoms with Gasteiger partial charge in [0.2, 0.25) is 0 Å². The van der Waals surface area contributed by atoms with Crippen LogP contribution in [0.15, 0.2) is 0 Å². The van der Waals surface area contributed by atoms with Crippen LogP contribution in [0.1, 0.15) is 26.7 Å². The van der Waals surface area contributed by atoms with Crippen molar-refractivity contribution in [1.82, 2.24) is 10.2 Å². The molecular weight excluding hydrogens is 188 g/mol. The molecule has 0 aromatic rings. The van der Waals surface area contributed by atoms with Gasteiger partial charge in [0.15, 0.2) is 0 Å². The summed E-state index contributed by atoms with van der Waals surface area (Å²) in [4.78, 5) is 2.53. The number of hydrogen-bond donors (Lipinski definition) is 1. The molecule has 0 spiro atoms. The van der Waals surface area contributed by atoms with E-state index in [1.807, 2.05) is 0 Å². The first-order valence-corrected chi connectivity index (χ1v) is 6.37. The molecule has 2 aliphatic heterocycles. The molecule has 0 radical (unpaired) electrons. The predicted molar refractivity (Wildman–Crippen MR) is 61.7 cm³/mol. The largest absolute Gasteiger partial charge is 0.363 e. The molecule has 2 heterocycles. The van der Waals surface area contributed by atoms with Crippen LogP contribution in [0.3, 0.4) is 0 Å². The van der Waals surface area contributed by atoms with E-state index in [2.05, 4.69) is 24.1 Å². The van der Waals surface area contributed by atoms with Crippen LogP contribution < -0.4 is 5.32 Å². The first kappa shape index (κ1) is 11.4. The zero-order chi connectivity index (χ0) is 10.7. The van der Waals surface area contributed by atoms with Gasteiger partial charge < -0.3 is 9.64 Å². The van der Waals surface area contributed by atoms with E-state index in [1.54, 1.807) is 0 Å². The number of nitrogens with zero attached hydrogens (tertiary/aromatic N) is 1. The van der Waals surface area contributed by atoms with Crippen LogP contribution in [0.4, 0.5) is 0 Å². The van der Waals surface area contributed by atoms with Crippen LogP contribution in [-0.4, -0.2) is 43.9 Å². The van der Waals surface area contributed by atoms with Crippen molar-refractivity contribution >= 4 is 0 Å². The van der Waals surface area contributed by atoms with E-state index in [9.17, 15) is 0 Å². The fourth-order valence-electron chi connectivity index (χ4n) is 2.58. The summed E-state index contributed by atoms with van der Waals surface area (Å²) in [7, 11) is 0. The molecule has 2 atom stereocenters. The molecule has 88 valence electrons. The molecule has 1 N–H and O–H groups in total. The average Bonchev–Trinajstić information content (AvgIpc) is 2.30. The van der Waals surface area contributed by atoms with Gasteiger partial charge in [-0.3, -0.25) is 5.32 Å². The van der Waals surface area contributed by atoms with E-state index in [0.29, 0.717) is 12.1 Å². The molecule has 2 fully saturated rings. The van der Waals surface area contributed by atoms with E-state index in [-0.39, 0.29) is 0 Å². The number of nitrogens with one attached hydrogen (secondary N) is 1. The monoisotopic (exact) mass is 212 g/mol. The van der Waals surface area contributed by atoms with Crippen molar-refractivity contribution in [3.8, 4) is 0 Å². The van der Waals surface area contributed by atoms with Crippen molar-refractivity contribution in [3.63, 3.8) is 0 Å². The zero-order valence-corrected chi connectivity index (χ0v) is 10.0. The van der Waals surface area contributed by atoms with Gasteiger partial charge in [0, 0.05) is 12.5 Å². The van der Waals surface area contributed by atoms with Crippen LogP contribution >= 0.6 is 0 Å². The van der Waals surface area contributed by atoms with Crippen LogP contribution in [-0.2, 0) is 4.74 Å². The van der Waals surface area contributed by atoms with E-state index >= 15 is 0 Å². The van der Waals surface area contributed by atoms with Gasteiger partial charge in [-0.25, -0.2) is 0 Å². The van der Waals surface area contributed by atoms with Crippen molar-refractivity contribution in [2.24, 2.45) is 11.8 Å². The van der Waals surface area contributed by atoms with Crippen LogP contribution in [0.2, 0.25) is 0 Å². The molecular formula is C12H24N2O. The number of piperidine rings is 1. The van der Waals surface area contributed by atoms with Gasteiger partial charge in [0.05, 0.1) is 6.61 Å². The molecule has 2 rings (SSSR count). The Balaban J connectivity index is 1.75. The molecule has 2 unspecified atom stereocenters. The normalized spacial score (nSPS) is 35.6. The molecule has 0 bridgehead atoms. The summed E-state index contributed by atoms with van der Waals surface area (Å²) in [5, 5.41) is 3.53. The molecule has 0 amide bonds. The molecule has 3 nitrogen and oxygen atoms in total. The minimum Gasteiger partial charge on any atom is -0.363 e. The van der Waals surface area contributed by atoms with Gasteiger partial charge in [-0.05, 0) is 38.4 Å². The number of rotatable bonds is 2. The number of hydrogen-bond acceptors (Lipinski definition) is 3. The highest BCUT2D eigenvalue weighted by Gasteiger charge is 2.29. The van der Waals surface area contributed by atoms with Crippen molar-refractivity contribution in [2.75, 3.05) is 32.8 Å². The van der Waals surface area contributed by atoms with E-state index in [1.165, 1.54) is 32.5 Å². The summed E-state index contributed by atoms with van der Waals surface area (Å²) in [6.45, 7) is 10.2. The second-order valence-corrected chi connectivity index (χ2v) is 5.04. The first-order valence-electron chi connectivity index (χ1n) is 6.37. The third-order valence-electron chi connectivity index (χ3n) is 3.74. The van der Waals surface area contributed by atoms with Crippen LogP contribution in [0, 0.1) is 11.8 Å². The Morgan fingerprint density at radius 2 is 2.07 bits per heavy atom. The van der Waals surface area contributed by atoms with E-state index in [0.717, 1.165) is 19.1 Å². The third-order valence-corrected chi connectivity index (χ3v) is 3.74. The van der Waals surface area contributed by atoms with Gasteiger partial charge >= 0.3 is 0 Å². The molecule has 2 saturated heterocycles. The van der Waals surface area contributed by atoms with Gasteiger partial charge in [-0.1, -0.05) is 13.8 Å². The molecule has 0 aromatic heterocycles. The predicted octanol–water partition coefficient (Wildman–Crippen LogP) is 1.30.